The predicted molar refractivity (Wildman–Crippen MR) is 62.6 cm³/mol. The van der Waals surface area contributed by atoms with E-state index in [4.69, 9.17) is 4.65 Å². The molecule has 0 radical (unpaired) electrons. The van der Waals surface area contributed by atoms with Crippen LogP contribution in [0.4, 0.5) is 8.78 Å². The van der Waals surface area contributed by atoms with E-state index < -0.39 is 0 Å². The molecule has 0 N–H and O–H groups in total. The highest BCUT2D eigenvalue weighted by molar-refractivity contribution is 6.81. The maximum atomic E-state index is 13.0. The van der Waals surface area contributed by atoms with Crippen LogP contribution < -0.4 is 10.9 Å². The number of rotatable bonds is 1. The van der Waals surface area contributed by atoms with Crippen molar-refractivity contribution >= 4 is 17.8 Å². The van der Waals surface area contributed by atoms with E-state index in [-0.39, 0.29) is 18.6 Å². The van der Waals surface area contributed by atoms with E-state index in [9.17, 15) is 8.78 Å². The molecule has 0 saturated carbocycles. The molecule has 2 aromatic rings. The van der Waals surface area contributed by atoms with Crippen LogP contribution in [0.1, 0.15) is 5.56 Å². The van der Waals surface area contributed by atoms with Crippen LogP contribution in [0.2, 0.25) is 0 Å². The molecule has 1 nitrogen and oxygen atoms in total. The Bertz CT molecular complexity index is 554. The monoisotopic (exact) mass is 230 g/mol. The fourth-order valence-electron chi connectivity index (χ4n) is 2.13. The van der Waals surface area contributed by atoms with E-state index in [0.717, 1.165) is 16.5 Å². The molecule has 0 unspecified atom stereocenters. The van der Waals surface area contributed by atoms with Gasteiger partial charge in [0.05, 0.1) is 6.61 Å². The lowest BCUT2D eigenvalue weighted by Crippen LogP contribution is -2.41. The minimum Gasteiger partial charge on any atom is -0.423 e. The first-order chi connectivity index (χ1) is 8.24. The lowest BCUT2D eigenvalue weighted by atomic mass is 9.56. The zero-order valence-corrected chi connectivity index (χ0v) is 8.99. The summed E-state index contributed by atoms with van der Waals surface area (Å²) in [7, 11) is 0. The van der Waals surface area contributed by atoms with Crippen molar-refractivity contribution in [3.63, 3.8) is 0 Å². The highest BCUT2D eigenvalue weighted by atomic mass is 19.1. The summed E-state index contributed by atoms with van der Waals surface area (Å²) >= 11 is 0. The van der Waals surface area contributed by atoms with Gasteiger partial charge in [0, 0.05) is 0 Å². The highest BCUT2D eigenvalue weighted by Crippen LogP contribution is 2.12. The van der Waals surface area contributed by atoms with Crippen molar-refractivity contribution in [3.05, 3.63) is 59.7 Å². The molecule has 0 amide bonds. The molecule has 3 rings (SSSR count). The van der Waals surface area contributed by atoms with Crippen LogP contribution in [0, 0.1) is 11.6 Å². The Morgan fingerprint density at radius 2 is 1.65 bits per heavy atom. The van der Waals surface area contributed by atoms with Gasteiger partial charge in [-0.25, -0.2) is 8.78 Å². The van der Waals surface area contributed by atoms with E-state index in [1.165, 1.54) is 24.3 Å². The van der Waals surface area contributed by atoms with Crippen molar-refractivity contribution in [3.8, 4) is 0 Å². The molecule has 0 fully saturated rings. The van der Waals surface area contributed by atoms with E-state index in [2.05, 4.69) is 0 Å². The van der Waals surface area contributed by atoms with Crippen molar-refractivity contribution in [1.29, 1.82) is 0 Å². The van der Waals surface area contributed by atoms with Crippen molar-refractivity contribution in [2.24, 2.45) is 0 Å². The third kappa shape index (κ3) is 1.85. The van der Waals surface area contributed by atoms with Gasteiger partial charge in [0.2, 0.25) is 0 Å². The van der Waals surface area contributed by atoms with Gasteiger partial charge in [-0.2, -0.15) is 0 Å². The number of benzene rings is 2. The molecule has 1 heterocycles. The molecule has 1 aliphatic rings. The van der Waals surface area contributed by atoms with Gasteiger partial charge in [0.25, 0.3) is 0 Å². The molecule has 17 heavy (non-hydrogen) atoms. The Labute approximate surface area is 98.1 Å². The van der Waals surface area contributed by atoms with E-state index in [1.807, 2.05) is 0 Å². The molecular weight excluding hydrogens is 221 g/mol. The van der Waals surface area contributed by atoms with Gasteiger partial charge in [-0.1, -0.05) is 18.2 Å². The van der Waals surface area contributed by atoms with Gasteiger partial charge in [0.15, 0.2) is 0 Å². The van der Waals surface area contributed by atoms with Gasteiger partial charge in [-0.15, -0.1) is 0 Å². The average molecular weight is 230 g/mol. The maximum Gasteiger partial charge on any atom is 0.362 e. The summed E-state index contributed by atoms with van der Waals surface area (Å²) in [6, 6.07) is 10.8. The Morgan fingerprint density at radius 3 is 2.41 bits per heavy atom. The fraction of sp³-hybridized carbons (Fsp3) is 0.0769. The van der Waals surface area contributed by atoms with E-state index in [0.29, 0.717) is 6.61 Å². The van der Waals surface area contributed by atoms with Gasteiger partial charge in [0.1, 0.15) is 11.6 Å². The van der Waals surface area contributed by atoms with Crippen LogP contribution in [-0.2, 0) is 11.3 Å². The van der Waals surface area contributed by atoms with Crippen LogP contribution >= 0.6 is 0 Å². The van der Waals surface area contributed by atoms with Crippen LogP contribution in [0.15, 0.2) is 42.5 Å². The zero-order chi connectivity index (χ0) is 11.8. The summed E-state index contributed by atoms with van der Waals surface area (Å²) in [4.78, 5) is 0. The Morgan fingerprint density at radius 1 is 0.941 bits per heavy atom. The van der Waals surface area contributed by atoms with Crippen molar-refractivity contribution in [2.75, 3.05) is 0 Å². The largest absolute Gasteiger partial charge is 0.423 e. The molecule has 4 heteroatoms. The minimum atomic E-state index is -0.272. The first-order valence-electron chi connectivity index (χ1n) is 5.39. The summed E-state index contributed by atoms with van der Waals surface area (Å²) in [6.45, 7) is 0.181. The predicted octanol–water partition coefficient (Wildman–Crippen LogP) is 1.60. The number of hydrogen-bond acceptors (Lipinski definition) is 1. The summed E-state index contributed by atoms with van der Waals surface area (Å²) in [5.74, 6) is -0.529. The van der Waals surface area contributed by atoms with Gasteiger partial charge >= 0.3 is 6.92 Å². The lowest BCUT2D eigenvalue weighted by molar-refractivity contribution is 0.336. The Hall–Kier alpha value is -1.68. The van der Waals surface area contributed by atoms with Crippen molar-refractivity contribution in [2.45, 2.75) is 6.61 Å². The molecular formula is C13H9BF2O. The van der Waals surface area contributed by atoms with E-state index in [1.54, 1.807) is 18.2 Å². The number of hydrogen-bond donors (Lipinski definition) is 0. The maximum absolute atomic E-state index is 13.0. The first-order valence-corrected chi connectivity index (χ1v) is 5.39. The van der Waals surface area contributed by atoms with Crippen LogP contribution in [-0.4, -0.2) is 6.92 Å². The quantitative estimate of drug-likeness (QED) is 0.676. The van der Waals surface area contributed by atoms with Crippen molar-refractivity contribution in [1.82, 2.24) is 0 Å². The van der Waals surface area contributed by atoms with E-state index >= 15 is 0 Å². The second-order valence-corrected chi connectivity index (χ2v) is 4.09. The zero-order valence-electron chi connectivity index (χ0n) is 8.99. The standard InChI is InChI=1S/C13H9BF2O/c15-11-3-1-10(2-4-11)14-13-6-5-12(16)7-9(13)8-17-14/h1-7H,8H2. The summed E-state index contributed by atoms with van der Waals surface area (Å²) in [5.41, 5.74) is 2.70. The molecule has 0 aliphatic carbocycles. The topological polar surface area (TPSA) is 9.23 Å². The molecule has 0 bridgehead atoms. The molecule has 0 aromatic heterocycles. The molecule has 0 saturated heterocycles. The highest BCUT2D eigenvalue weighted by Gasteiger charge is 2.29. The summed E-state index contributed by atoms with van der Waals surface area (Å²) in [5, 5.41) is 0. The summed E-state index contributed by atoms with van der Waals surface area (Å²) < 4.78 is 31.5. The van der Waals surface area contributed by atoms with Crippen LogP contribution in [0.25, 0.3) is 0 Å². The minimum absolute atomic E-state index is 0.216. The second-order valence-electron chi connectivity index (χ2n) is 4.09. The van der Waals surface area contributed by atoms with Gasteiger partial charge in [-0.3, -0.25) is 0 Å². The molecule has 1 aliphatic heterocycles. The normalized spacial score (nSPS) is 13.9. The van der Waals surface area contributed by atoms with Crippen LogP contribution in [0.3, 0.4) is 0 Å². The third-order valence-electron chi connectivity index (χ3n) is 2.97. The summed E-state index contributed by atoms with van der Waals surface area (Å²) in [6.07, 6.45) is 0. The average Bonchev–Trinajstić information content (AvgIpc) is 2.73. The smallest absolute Gasteiger partial charge is 0.362 e. The third-order valence-corrected chi connectivity index (χ3v) is 2.97. The number of fused-ring (bicyclic) bond motifs is 1. The Kier molecular flexibility index (Phi) is 2.44. The number of halogens is 2. The molecule has 84 valence electrons. The van der Waals surface area contributed by atoms with Gasteiger partial charge < -0.3 is 4.65 Å². The fourth-order valence-corrected chi connectivity index (χ4v) is 2.13. The molecule has 0 atom stereocenters. The first kappa shape index (κ1) is 10.5. The molecule has 2 aromatic carbocycles. The lowest BCUT2D eigenvalue weighted by Gasteiger charge is -2.06. The SMILES string of the molecule is Fc1ccc(B2OCc3cc(F)ccc32)cc1. The van der Waals surface area contributed by atoms with Crippen LogP contribution in [0.5, 0.6) is 0 Å². The van der Waals surface area contributed by atoms with Gasteiger partial charge in [-0.05, 0) is 40.8 Å². The Balaban J connectivity index is 2.01. The van der Waals surface area contributed by atoms with Crippen molar-refractivity contribution < 1.29 is 13.4 Å². The molecule has 0 spiro atoms. The second kappa shape index (κ2) is 3.97.